The van der Waals surface area contributed by atoms with E-state index in [4.69, 9.17) is 11.6 Å². The number of nitrogens with one attached hydrogen (secondary N) is 1. The van der Waals surface area contributed by atoms with Crippen molar-refractivity contribution in [1.29, 1.82) is 0 Å². The van der Waals surface area contributed by atoms with Gasteiger partial charge >= 0.3 is 0 Å². The molecule has 0 aromatic heterocycles. The molecule has 0 aliphatic carbocycles. The van der Waals surface area contributed by atoms with Crippen LogP contribution < -0.4 is 5.32 Å². The topological polar surface area (TPSA) is 12.0 Å². The summed E-state index contributed by atoms with van der Waals surface area (Å²) in [5.41, 5.74) is 1.41. The van der Waals surface area contributed by atoms with E-state index in [2.05, 4.69) is 5.32 Å². The van der Waals surface area contributed by atoms with Gasteiger partial charge in [-0.15, -0.1) is 0 Å². The van der Waals surface area contributed by atoms with Crippen LogP contribution in [0.15, 0.2) is 42.5 Å². The molecule has 1 atom stereocenters. The normalized spacial score (nSPS) is 12.4. The number of hydrogen-bond donors (Lipinski definition) is 1. The van der Waals surface area contributed by atoms with E-state index in [0.717, 1.165) is 18.2 Å². The van der Waals surface area contributed by atoms with E-state index >= 15 is 0 Å². The summed E-state index contributed by atoms with van der Waals surface area (Å²) < 4.78 is 27.2. The third-order valence-corrected chi connectivity index (χ3v) is 3.69. The minimum atomic E-state index is -0.805. The van der Waals surface area contributed by atoms with Gasteiger partial charge in [-0.2, -0.15) is 0 Å². The summed E-state index contributed by atoms with van der Waals surface area (Å²) in [4.78, 5) is 0. The molecule has 0 amide bonds. The Labute approximate surface area is 128 Å². The maximum Gasteiger partial charge on any atom is 0.162 e. The molecule has 112 valence electrons. The lowest BCUT2D eigenvalue weighted by molar-refractivity contribution is 0.490. The maximum absolute atomic E-state index is 13.9. The number of benzene rings is 2. The van der Waals surface area contributed by atoms with Crippen LogP contribution in [0, 0.1) is 11.6 Å². The van der Waals surface area contributed by atoms with Gasteiger partial charge in [0.25, 0.3) is 0 Å². The molecule has 2 aromatic carbocycles. The van der Waals surface area contributed by atoms with E-state index in [1.165, 1.54) is 6.07 Å². The lowest BCUT2D eigenvalue weighted by atomic mass is 9.91. The van der Waals surface area contributed by atoms with Crippen molar-refractivity contribution in [2.45, 2.75) is 19.3 Å². The highest BCUT2D eigenvalue weighted by Crippen LogP contribution is 2.25. The Morgan fingerprint density at radius 1 is 1.14 bits per heavy atom. The Kier molecular flexibility index (Phi) is 5.71. The fraction of sp³-hybridized carbons (Fsp3) is 0.294. The average molecular weight is 310 g/mol. The van der Waals surface area contributed by atoms with Crippen molar-refractivity contribution < 1.29 is 8.78 Å². The first-order valence-electron chi connectivity index (χ1n) is 7.01. The van der Waals surface area contributed by atoms with Gasteiger partial charge in [-0.05, 0) is 42.3 Å². The van der Waals surface area contributed by atoms with E-state index in [-0.39, 0.29) is 5.92 Å². The van der Waals surface area contributed by atoms with Gasteiger partial charge in [0.05, 0.1) is 0 Å². The fourth-order valence-electron chi connectivity index (χ4n) is 2.36. The molecule has 2 rings (SSSR count). The van der Waals surface area contributed by atoms with Crippen molar-refractivity contribution in [1.82, 2.24) is 5.32 Å². The van der Waals surface area contributed by atoms with Gasteiger partial charge in [0.2, 0.25) is 0 Å². The zero-order valence-electron chi connectivity index (χ0n) is 11.9. The molecule has 0 aliphatic rings. The quantitative estimate of drug-likeness (QED) is 0.825. The molecule has 1 nitrogen and oxygen atoms in total. The molecule has 0 bridgehead atoms. The predicted molar refractivity (Wildman–Crippen MR) is 82.8 cm³/mol. The SMILES string of the molecule is CCNCC(Cc1cccc(F)c1F)c1cccc(Cl)c1. The van der Waals surface area contributed by atoms with Gasteiger partial charge < -0.3 is 5.32 Å². The summed E-state index contributed by atoms with van der Waals surface area (Å²) in [6.45, 7) is 3.52. The van der Waals surface area contributed by atoms with Crippen LogP contribution in [-0.4, -0.2) is 13.1 Å². The molecule has 2 aromatic rings. The Balaban J connectivity index is 2.26. The van der Waals surface area contributed by atoms with Crippen molar-refractivity contribution in [3.8, 4) is 0 Å². The summed E-state index contributed by atoms with van der Waals surface area (Å²) >= 11 is 6.03. The van der Waals surface area contributed by atoms with Gasteiger partial charge in [0.15, 0.2) is 11.6 Å². The molecule has 0 saturated heterocycles. The van der Waals surface area contributed by atoms with E-state index in [0.29, 0.717) is 23.6 Å². The summed E-state index contributed by atoms with van der Waals surface area (Å²) in [6, 6.07) is 11.8. The van der Waals surface area contributed by atoms with E-state index < -0.39 is 11.6 Å². The minimum absolute atomic E-state index is 0.0416. The first-order chi connectivity index (χ1) is 10.1. The molecule has 0 saturated carbocycles. The van der Waals surface area contributed by atoms with Crippen molar-refractivity contribution in [3.63, 3.8) is 0 Å². The van der Waals surface area contributed by atoms with Gasteiger partial charge in [-0.25, -0.2) is 8.78 Å². The van der Waals surface area contributed by atoms with Gasteiger partial charge in [-0.3, -0.25) is 0 Å². The first kappa shape index (κ1) is 15.9. The molecular weight excluding hydrogens is 292 g/mol. The van der Waals surface area contributed by atoms with Crippen LogP contribution >= 0.6 is 11.6 Å². The second-order valence-corrected chi connectivity index (χ2v) is 5.41. The molecule has 0 heterocycles. The second-order valence-electron chi connectivity index (χ2n) is 4.98. The zero-order chi connectivity index (χ0) is 15.2. The second kappa shape index (κ2) is 7.53. The molecule has 0 radical (unpaired) electrons. The highest BCUT2D eigenvalue weighted by molar-refractivity contribution is 6.30. The van der Waals surface area contributed by atoms with Gasteiger partial charge in [-0.1, -0.05) is 42.8 Å². The number of halogens is 3. The summed E-state index contributed by atoms with van der Waals surface area (Å²) in [5.74, 6) is -1.53. The summed E-state index contributed by atoms with van der Waals surface area (Å²) in [7, 11) is 0. The maximum atomic E-state index is 13.9. The Hall–Kier alpha value is -1.45. The molecule has 1 N–H and O–H groups in total. The fourth-order valence-corrected chi connectivity index (χ4v) is 2.56. The first-order valence-corrected chi connectivity index (χ1v) is 7.38. The predicted octanol–water partition coefficient (Wildman–Crippen LogP) is 4.55. The molecule has 4 heteroatoms. The number of likely N-dealkylation sites (N-methyl/N-ethyl adjacent to an activating group) is 1. The van der Waals surface area contributed by atoms with E-state index in [1.807, 2.05) is 25.1 Å². The smallest absolute Gasteiger partial charge is 0.162 e. The van der Waals surface area contributed by atoms with Crippen LogP contribution in [0.2, 0.25) is 5.02 Å². The standard InChI is InChI=1S/C17H18ClF2N/c1-2-21-11-14(12-5-3-7-15(18)10-12)9-13-6-4-8-16(19)17(13)20/h3-8,10,14,21H,2,9,11H2,1H3. The van der Waals surface area contributed by atoms with Gasteiger partial charge in [0.1, 0.15) is 0 Å². The summed E-state index contributed by atoms with van der Waals surface area (Å²) in [6.07, 6.45) is 0.428. The van der Waals surface area contributed by atoms with E-state index in [9.17, 15) is 8.78 Å². The largest absolute Gasteiger partial charge is 0.316 e. The minimum Gasteiger partial charge on any atom is -0.316 e. The Morgan fingerprint density at radius 2 is 1.90 bits per heavy atom. The Morgan fingerprint density at radius 3 is 2.62 bits per heavy atom. The van der Waals surface area contributed by atoms with Crippen molar-refractivity contribution in [2.24, 2.45) is 0 Å². The van der Waals surface area contributed by atoms with Crippen LogP contribution in [0.5, 0.6) is 0 Å². The van der Waals surface area contributed by atoms with Crippen molar-refractivity contribution >= 4 is 11.6 Å². The molecule has 0 spiro atoms. The monoisotopic (exact) mass is 309 g/mol. The summed E-state index contributed by atoms with van der Waals surface area (Å²) in [5, 5.41) is 3.91. The molecule has 0 aliphatic heterocycles. The third kappa shape index (κ3) is 4.26. The van der Waals surface area contributed by atoms with Crippen LogP contribution in [0.3, 0.4) is 0 Å². The lowest BCUT2D eigenvalue weighted by Crippen LogP contribution is -2.23. The van der Waals surface area contributed by atoms with Crippen molar-refractivity contribution in [2.75, 3.05) is 13.1 Å². The van der Waals surface area contributed by atoms with Crippen molar-refractivity contribution in [3.05, 3.63) is 70.2 Å². The zero-order valence-corrected chi connectivity index (χ0v) is 12.6. The highest BCUT2D eigenvalue weighted by atomic mass is 35.5. The number of hydrogen-bond acceptors (Lipinski definition) is 1. The third-order valence-electron chi connectivity index (χ3n) is 3.46. The lowest BCUT2D eigenvalue weighted by Gasteiger charge is -2.19. The van der Waals surface area contributed by atoms with Gasteiger partial charge in [0, 0.05) is 17.5 Å². The van der Waals surface area contributed by atoms with Crippen LogP contribution in [0.25, 0.3) is 0 Å². The highest BCUT2D eigenvalue weighted by Gasteiger charge is 2.16. The van der Waals surface area contributed by atoms with Crippen LogP contribution in [0.4, 0.5) is 8.78 Å². The van der Waals surface area contributed by atoms with Crippen LogP contribution in [-0.2, 0) is 6.42 Å². The Bertz CT molecular complexity index is 601. The molecular formula is C17H18ClF2N. The van der Waals surface area contributed by atoms with E-state index in [1.54, 1.807) is 12.1 Å². The van der Waals surface area contributed by atoms with Crippen LogP contribution in [0.1, 0.15) is 24.0 Å². The molecule has 0 fully saturated rings. The molecule has 1 unspecified atom stereocenters. The number of rotatable bonds is 6. The average Bonchev–Trinajstić information content (AvgIpc) is 2.47. The molecule has 21 heavy (non-hydrogen) atoms.